The largest absolute Gasteiger partial charge is 0.481 e. The first-order valence-corrected chi connectivity index (χ1v) is 7.29. The Kier molecular flexibility index (Phi) is 4.21. The number of carbonyl (C=O) groups excluding carboxylic acids is 1. The van der Waals surface area contributed by atoms with Crippen molar-refractivity contribution in [3.8, 4) is 0 Å². The van der Waals surface area contributed by atoms with E-state index in [0.717, 1.165) is 12.0 Å². The van der Waals surface area contributed by atoms with Gasteiger partial charge in [-0.1, -0.05) is 19.4 Å². The molecule has 114 valence electrons. The number of anilines is 1. The van der Waals surface area contributed by atoms with Crippen molar-refractivity contribution in [1.82, 2.24) is 4.90 Å². The molecule has 21 heavy (non-hydrogen) atoms. The number of amides is 1. The van der Waals surface area contributed by atoms with E-state index in [1.165, 1.54) is 0 Å². The summed E-state index contributed by atoms with van der Waals surface area (Å²) < 4.78 is 0. The van der Waals surface area contributed by atoms with Gasteiger partial charge in [-0.25, -0.2) is 0 Å². The number of carbonyl (C=O) groups is 2. The number of nitrogens with zero attached hydrogens (tertiary/aromatic N) is 1. The number of carboxylic acids is 1. The van der Waals surface area contributed by atoms with E-state index < -0.39 is 11.4 Å². The molecular formula is C16H22N2O3. The van der Waals surface area contributed by atoms with E-state index in [1.807, 2.05) is 13.8 Å². The second-order valence-electron chi connectivity index (χ2n) is 5.83. The third-order valence-corrected chi connectivity index (χ3v) is 4.43. The number of nitrogens with two attached hydrogens (primary N) is 1. The van der Waals surface area contributed by atoms with Crippen LogP contribution < -0.4 is 5.73 Å². The van der Waals surface area contributed by atoms with E-state index in [9.17, 15) is 14.7 Å². The van der Waals surface area contributed by atoms with Gasteiger partial charge in [0.05, 0.1) is 5.41 Å². The van der Waals surface area contributed by atoms with Crippen LogP contribution >= 0.6 is 0 Å². The average molecular weight is 290 g/mol. The normalized spacial score (nSPS) is 21.5. The van der Waals surface area contributed by atoms with Gasteiger partial charge in [0.1, 0.15) is 0 Å². The molecule has 0 saturated carbocycles. The summed E-state index contributed by atoms with van der Waals surface area (Å²) in [6.45, 7) is 4.55. The van der Waals surface area contributed by atoms with Crippen LogP contribution in [0.15, 0.2) is 18.2 Å². The lowest BCUT2D eigenvalue weighted by molar-refractivity contribution is -0.148. The zero-order valence-electron chi connectivity index (χ0n) is 12.6. The SMILES string of the molecule is CCCC1(C(=O)O)CCN(C(=O)c2cccc(N)c2C)C1. The highest BCUT2D eigenvalue weighted by Crippen LogP contribution is 2.36. The fourth-order valence-electron chi connectivity index (χ4n) is 3.07. The lowest BCUT2D eigenvalue weighted by atomic mass is 9.83. The molecule has 1 aromatic carbocycles. The van der Waals surface area contributed by atoms with Crippen LogP contribution in [-0.2, 0) is 4.79 Å². The smallest absolute Gasteiger partial charge is 0.311 e. The molecule has 5 nitrogen and oxygen atoms in total. The number of nitrogen functional groups attached to an aromatic ring is 1. The summed E-state index contributed by atoms with van der Waals surface area (Å²) in [5.74, 6) is -0.928. The second kappa shape index (κ2) is 5.76. The van der Waals surface area contributed by atoms with Gasteiger partial charge in [-0.2, -0.15) is 0 Å². The molecular weight excluding hydrogens is 268 g/mol. The molecule has 1 saturated heterocycles. The summed E-state index contributed by atoms with van der Waals surface area (Å²) in [7, 11) is 0. The Balaban J connectivity index is 2.23. The van der Waals surface area contributed by atoms with E-state index in [2.05, 4.69) is 0 Å². The minimum atomic E-state index is -0.802. The van der Waals surface area contributed by atoms with Gasteiger partial charge in [-0.3, -0.25) is 9.59 Å². The van der Waals surface area contributed by atoms with Crippen molar-refractivity contribution in [1.29, 1.82) is 0 Å². The highest BCUT2D eigenvalue weighted by molar-refractivity contribution is 5.97. The summed E-state index contributed by atoms with van der Waals surface area (Å²) in [4.78, 5) is 25.8. The number of hydrogen-bond acceptors (Lipinski definition) is 3. The first-order valence-electron chi connectivity index (χ1n) is 7.29. The van der Waals surface area contributed by atoms with Crippen LogP contribution in [0.1, 0.15) is 42.1 Å². The van der Waals surface area contributed by atoms with Gasteiger partial charge in [-0.15, -0.1) is 0 Å². The van der Waals surface area contributed by atoms with Crippen LogP contribution in [0.25, 0.3) is 0 Å². The van der Waals surface area contributed by atoms with Crippen molar-refractivity contribution >= 4 is 17.6 Å². The summed E-state index contributed by atoms with van der Waals surface area (Å²) in [6.07, 6.45) is 1.91. The Morgan fingerprint density at radius 2 is 2.14 bits per heavy atom. The topological polar surface area (TPSA) is 83.6 Å². The summed E-state index contributed by atoms with van der Waals surface area (Å²) in [5.41, 5.74) is 6.95. The zero-order valence-corrected chi connectivity index (χ0v) is 12.6. The molecule has 1 amide bonds. The molecule has 5 heteroatoms. The molecule has 1 unspecified atom stereocenters. The van der Waals surface area contributed by atoms with Crippen molar-refractivity contribution in [2.45, 2.75) is 33.1 Å². The van der Waals surface area contributed by atoms with E-state index in [4.69, 9.17) is 5.73 Å². The maximum atomic E-state index is 12.6. The Labute approximate surface area is 124 Å². The molecule has 0 spiro atoms. The molecule has 1 heterocycles. The second-order valence-corrected chi connectivity index (χ2v) is 5.83. The van der Waals surface area contributed by atoms with Gasteiger partial charge in [-0.05, 0) is 37.5 Å². The van der Waals surface area contributed by atoms with E-state index >= 15 is 0 Å². The minimum absolute atomic E-state index is 0.126. The van der Waals surface area contributed by atoms with Gasteiger partial charge < -0.3 is 15.7 Å². The highest BCUT2D eigenvalue weighted by Gasteiger charge is 2.45. The average Bonchev–Trinajstić information content (AvgIpc) is 2.87. The Bertz CT molecular complexity index is 571. The maximum Gasteiger partial charge on any atom is 0.311 e. The number of benzene rings is 1. The van der Waals surface area contributed by atoms with Crippen LogP contribution in [0.3, 0.4) is 0 Å². The van der Waals surface area contributed by atoms with E-state index in [0.29, 0.717) is 30.6 Å². The van der Waals surface area contributed by atoms with Crippen LogP contribution in [0, 0.1) is 12.3 Å². The Morgan fingerprint density at radius 1 is 1.43 bits per heavy atom. The van der Waals surface area contributed by atoms with Gasteiger partial charge in [0.2, 0.25) is 0 Å². The van der Waals surface area contributed by atoms with Crippen molar-refractivity contribution in [3.63, 3.8) is 0 Å². The van der Waals surface area contributed by atoms with Crippen molar-refractivity contribution in [3.05, 3.63) is 29.3 Å². The molecule has 1 atom stereocenters. The third-order valence-electron chi connectivity index (χ3n) is 4.43. The van der Waals surface area contributed by atoms with Crippen LogP contribution in [0.2, 0.25) is 0 Å². The number of hydrogen-bond donors (Lipinski definition) is 2. The lowest BCUT2D eigenvalue weighted by Crippen LogP contribution is -2.37. The molecule has 0 bridgehead atoms. The fourth-order valence-corrected chi connectivity index (χ4v) is 3.07. The zero-order chi connectivity index (χ0) is 15.6. The van der Waals surface area contributed by atoms with Crippen molar-refractivity contribution < 1.29 is 14.7 Å². The number of aliphatic carboxylic acids is 1. The molecule has 1 fully saturated rings. The van der Waals surface area contributed by atoms with Crippen LogP contribution in [0.5, 0.6) is 0 Å². The molecule has 1 aliphatic heterocycles. The quantitative estimate of drug-likeness (QED) is 0.833. The van der Waals surface area contributed by atoms with Crippen molar-refractivity contribution in [2.24, 2.45) is 5.41 Å². The molecule has 3 N–H and O–H groups in total. The monoisotopic (exact) mass is 290 g/mol. The fraction of sp³-hybridized carbons (Fsp3) is 0.500. The molecule has 0 radical (unpaired) electrons. The predicted molar refractivity (Wildman–Crippen MR) is 81.1 cm³/mol. The van der Waals surface area contributed by atoms with Gasteiger partial charge in [0.25, 0.3) is 5.91 Å². The summed E-state index contributed by atoms with van der Waals surface area (Å²) in [6, 6.07) is 5.26. The Morgan fingerprint density at radius 3 is 2.76 bits per heavy atom. The highest BCUT2D eigenvalue weighted by atomic mass is 16.4. The molecule has 1 aliphatic rings. The number of carboxylic acid groups (broad SMARTS) is 1. The first kappa shape index (κ1) is 15.4. The Hall–Kier alpha value is -2.04. The molecule has 2 rings (SSSR count). The third kappa shape index (κ3) is 2.73. The van der Waals surface area contributed by atoms with Crippen LogP contribution in [-0.4, -0.2) is 35.0 Å². The number of rotatable bonds is 4. The maximum absolute atomic E-state index is 12.6. The predicted octanol–water partition coefficient (Wildman–Crippen LogP) is 2.29. The standard InChI is InChI=1S/C16H22N2O3/c1-3-7-16(15(20)21)8-9-18(10-16)14(19)12-5-4-6-13(17)11(12)2/h4-6H,3,7-10,17H2,1-2H3,(H,20,21). The molecule has 0 aromatic heterocycles. The van der Waals surface area contributed by atoms with Gasteiger partial charge in [0, 0.05) is 24.3 Å². The lowest BCUT2D eigenvalue weighted by Gasteiger charge is -2.24. The van der Waals surface area contributed by atoms with E-state index in [1.54, 1.807) is 23.1 Å². The minimum Gasteiger partial charge on any atom is -0.481 e. The van der Waals surface area contributed by atoms with E-state index in [-0.39, 0.29) is 12.5 Å². The van der Waals surface area contributed by atoms with Gasteiger partial charge in [0.15, 0.2) is 0 Å². The number of likely N-dealkylation sites (tertiary alicyclic amines) is 1. The summed E-state index contributed by atoms with van der Waals surface area (Å²) in [5, 5.41) is 9.51. The molecule has 0 aliphatic carbocycles. The molecule has 1 aromatic rings. The first-order chi connectivity index (χ1) is 9.91. The van der Waals surface area contributed by atoms with Crippen LogP contribution in [0.4, 0.5) is 5.69 Å². The van der Waals surface area contributed by atoms with Gasteiger partial charge >= 0.3 is 5.97 Å². The van der Waals surface area contributed by atoms with Crippen molar-refractivity contribution in [2.75, 3.05) is 18.8 Å². The summed E-state index contributed by atoms with van der Waals surface area (Å²) >= 11 is 0.